The van der Waals surface area contributed by atoms with Crippen molar-refractivity contribution < 1.29 is 4.74 Å². The number of aromatic nitrogens is 1. The smallest absolute Gasteiger partial charge is 0.135 e. The van der Waals surface area contributed by atoms with Crippen LogP contribution in [0.3, 0.4) is 0 Å². The molecule has 4 aromatic rings. The molecule has 0 aliphatic carbocycles. The van der Waals surface area contributed by atoms with Crippen LogP contribution in [0.5, 0.6) is 11.5 Å². The Kier molecular flexibility index (Phi) is 5.05. The van der Waals surface area contributed by atoms with Crippen molar-refractivity contribution in [3.05, 3.63) is 90.5 Å². The van der Waals surface area contributed by atoms with Crippen LogP contribution in [0, 0.1) is 5.41 Å². The highest BCUT2D eigenvalue weighted by Crippen LogP contribution is 2.33. The third-order valence-corrected chi connectivity index (χ3v) is 4.67. The summed E-state index contributed by atoms with van der Waals surface area (Å²) in [6.07, 6.45) is 0. The summed E-state index contributed by atoms with van der Waals surface area (Å²) < 4.78 is 5.86. The van der Waals surface area contributed by atoms with Gasteiger partial charge in [-0.3, -0.25) is 5.41 Å². The Hall–Kier alpha value is -4.32. The average Bonchev–Trinajstić information content (AvgIpc) is 2.75. The van der Waals surface area contributed by atoms with Crippen molar-refractivity contribution in [2.75, 3.05) is 11.5 Å². The molecule has 3 aromatic carbocycles. The molecule has 0 aliphatic rings. The molecule has 0 aliphatic heterocycles. The maximum atomic E-state index is 7.98. The lowest BCUT2D eigenvalue weighted by molar-refractivity contribution is 0.483. The van der Waals surface area contributed by atoms with Crippen LogP contribution < -0.4 is 21.9 Å². The molecule has 30 heavy (non-hydrogen) atoms. The fraction of sp³-hybridized carbons (Fsp3) is 0. The monoisotopic (exact) mass is 395 g/mol. The number of hydrogen-bond acceptors (Lipinski definition) is 5. The molecule has 0 unspecified atom stereocenters. The maximum Gasteiger partial charge on any atom is 0.135 e. The minimum absolute atomic E-state index is 0.136. The second kappa shape index (κ2) is 7.97. The van der Waals surface area contributed by atoms with Crippen molar-refractivity contribution in [2.45, 2.75) is 0 Å². The summed E-state index contributed by atoms with van der Waals surface area (Å²) >= 11 is 0. The Balaban J connectivity index is 1.74. The van der Waals surface area contributed by atoms with E-state index in [1.165, 1.54) is 0 Å². The summed E-state index contributed by atoms with van der Waals surface area (Å²) in [5.74, 6) is 1.53. The van der Waals surface area contributed by atoms with E-state index in [2.05, 4.69) is 4.98 Å². The predicted octanol–water partition coefficient (Wildman–Crippen LogP) is 4.66. The minimum Gasteiger partial charge on any atom is -0.457 e. The van der Waals surface area contributed by atoms with E-state index in [0.29, 0.717) is 22.7 Å². The summed E-state index contributed by atoms with van der Waals surface area (Å²) in [7, 11) is 0. The number of anilines is 2. The van der Waals surface area contributed by atoms with Gasteiger partial charge in [-0.15, -0.1) is 0 Å². The third kappa shape index (κ3) is 3.93. The van der Waals surface area contributed by atoms with Gasteiger partial charge in [-0.1, -0.05) is 42.5 Å². The first kappa shape index (κ1) is 19.0. The summed E-state index contributed by atoms with van der Waals surface area (Å²) in [6, 6.07) is 26.4. The number of rotatable bonds is 5. The largest absolute Gasteiger partial charge is 0.457 e. The van der Waals surface area contributed by atoms with E-state index in [1.807, 2.05) is 84.9 Å². The van der Waals surface area contributed by atoms with E-state index < -0.39 is 0 Å². The third-order valence-electron chi connectivity index (χ3n) is 4.67. The normalized spacial score (nSPS) is 10.5. The predicted molar refractivity (Wildman–Crippen MR) is 121 cm³/mol. The van der Waals surface area contributed by atoms with Gasteiger partial charge in [0.15, 0.2) is 0 Å². The Morgan fingerprint density at radius 2 is 1.37 bits per heavy atom. The number of para-hydroxylation sites is 1. The molecule has 0 spiro atoms. The molecule has 0 saturated carbocycles. The van der Waals surface area contributed by atoms with E-state index in [-0.39, 0.29) is 11.7 Å². The zero-order valence-corrected chi connectivity index (χ0v) is 16.2. The summed E-state index contributed by atoms with van der Waals surface area (Å²) in [4.78, 5) is 4.45. The summed E-state index contributed by atoms with van der Waals surface area (Å²) in [5, 5.41) is 7.98. The molecule has 0 saturated heterocycles. The first-order chi connectivity index (χ1) is 14.5. The van der Waals surface area contributed by atoms with Gasteiger partial charge < -0.3 is 21.9 Å². The van der Waals surface area contributed by atoms with Crippen LogP contribution in [0.25, 0.3) is 22.4 Å². The first-order valence-corrected chi connectivity index (χ1v) is 9.35. The van der Waals surface area contributed by atoms with Crippen LogP contribution in [0.2, 0.25) is 0 Å². The van der Waals surface area contributed by atoms with Gasteiger partial charge in [-0.2, -0.15) is 0 Å². The molecule has 1 aromatic heterocycles. The van der Waals surface area contributed by atoms with Gasteiger partial charge in [0.1, 0.15) is 23.2 Å². The molecule has 0 atom stereocenters. The van der Waals surface area contributed by atoms with Gasteiger partial charge >= 0.3 is 0 Å². The van der Waals surface area contributed by atoms with Crippen molar-refractivity contribution in [1.82, 2.24) is 4.98 Å². The fourth-order valence-electron chi connectivity index (χ4n) is 3.20. The van der Waals surface area contributed by atoms with Crippen molar-refractivity contribution in [3.63, 3.8) is 0 Å². The number of nitrogen functional groups attached to an aromatic ring is 3. The zero-order chi connectivity index (χ0) is 21.1. The molecule has 4 rings (SSSR count). The van der Waals surface area contributed by atoms with E-state index in [0.717, 1.165) is 22.4 Å². The Bertz CT molecular complexity index is 1190. The van der Waals surface area contributed by atoms with Crippen LogP contribution in [-0.4, -0.2) is 10.8 Å². The van der Waals surface area contributed by atoms with Crippen LogP contribution in [0.4, 0.5) is 11.5 Å². The van der Waals surface area contributed by atoms with Gasteiger partial charge in [-0.25, -0.2) is 4.98 Å². The molecular formula is C24H21N5O. The van der Waals surface area contributed by atoms with E-state index in [4.69, 9.17) is 27.3 Å². The van der Waals surface area contributed by atoms with E-state index in [9.17, 15) is 0 Å². The standard InChI is InChI=1S/C24H21N5O/c25-17-10-6-16(7-11-17)21-14-20(22(23(26)27)24(28)29-21)15-8-12-19(13-9-15)30-18-4-2-1-3-5-18/h1-14H,25H2,(H3,26,27)(H2,28,29). The number of pyridine rings is 1. The number of ether oxygens (including phenoxy) is 1. The second-order valence-electron chi connectivity index (χ2n) is 6.79. The van der Waals surface area contributed by atoms with Crippen LogP contribution in [0.1, 0.15) is 5.56 Å². The van der Waals surface area contributed by atoms with Crippen molar-refractivity contribution in [2.24, 2.45) is 5.73 Å². The second-order valence-corrected chi connectivity index (χ2v) is 6.79. The Morgan fingerprint density at radius 1 is 0.767 bits per heavy atom. The van der Waals surface area contributed by atoms with Gasteiger partial charge in [0.25, 0.3) is 0 Å². The number of nitrogens with one attached hydrogen (secondary N) is 1. The number of nitrogens with zero attached hydrogens (tertiary/aromatic N) is 1. The molecule has 0 amide bonds. The molecule has 0 fully saturated rings. The summed E-state index contributed by atoms with van der Waals surface area (Å²) in [6.45, 7) is 0. The summed E-state index contributed by atoms with van der Waals surface area (Å²) in [5.41, 5.74) is 22.0. The Morgan fingerprint density at radius 3 is 2.00 bits per heavy atom. The highest BCUT2D eigenvalue weighted by molar-refractivity contribution is 6.06. The highest BCUT2D eigenvalue weighted by Gasteiger charge is 2.16. The molecule has 0 bridgehead atoms. The van der Waals surface area contributed by atoms with Crippen LogP contribution >= 0.6 is 0 Å². The first-order valence-electron chi connectivity index (χ1n) is 9.35. The number of hydrogen-bond donors (Lipinski definition) is 4. The van der Waals surface area contributed by atoms with Crippen molar-refractivity contribution in [3.8, 4) is 33.9 Å². The van der Waals surface area contributed by atoms with Crippen LogP contribution in [0.15, 0.2) is 84.9 Å². The quantitative estimate of drug-likeness (QED) is 0.222. The van der Waals surface area contributed by atoms with Gasteiger partial charge in [0.2, 0.25) is 0 Å². The van der Waals surface area contributed by atoms with Gasteiger partial charge in [0, 0.05) is 11.3 Å². The lowest BCUT2D eigenvalue weighted by Gasteiger charge is -2.14. The van der Waals surface area contributed by atoms with Crippen LogP contribution in [-0.2, 0) is 0 Å². The van der Waals surface area contributed by atoms with Crippen molar-refractivity contribution in [1.29, 1.82) is 5.41 Å². The van der Waals surface area contributed by atoms with E-state index >= 15 is 0 Å². The number of benzene rings is 3. The Labute approximate surface area is 174 Å². The molecule has 148 valence electrons. The topological polar surface area (TPSA) is 124 Å². The zero-order valence-electron chi connectivity index (χ0n) is 16.2. The van der Waals surface area contributed by atoms with E-state index in [1.54, 1.807) is 0 Å². The highest BCUT2D eigenvalue weighted by atomic mass is 16.5. The molecule has 1 heterocycles. The van der Waals surface area contributed by atoms with Gasteiger partial charge in [-0.05, 0) is 53.6 Å². The lowest BCUT2D eigenvalue weighted by atomic mass is 9.97. The van der Waals surface area contributed by atoms with Gasteiger partial charge in [0.05, 0.1) is 11.3 Å². The fourth-order valence-corrected chi connectivity index (χ4v) is 3.20. The average molecular weight is 395 g/mol. The number of nitrogens with two attached hydrogens (primary N) is 3. The lowest BCUT2D eigenvalue weighted by Crippen LogP contribution is -2.16. The molecule has 6 heteroatoms. The molecule has 6 nitrogen and oxygen atoms in total. The number of amidine groups is 1. The molecule has 0 radical (unpaired) electrons. The maximum absolute atomic E-state index is 7.98. The molecular weight excluding hydrogens is 374 g/mol. The minimum atomic E-state index is -0.136. The SMILES string of the molecule is N=C(N)c1c(-c2ccc(Oc3ccccc3)cc2)cc(-c2ccc(N)cc2)nc1N. The molecule has 7 N–H and O–H groups in total. The van der Waals surface area contributed by atoms with Crippen molar-refractivity contribution >= 4 is 17.3 Å².